The molecule has 3 fully saturated rings. The predicted molar refractivity (Wildman–Crippen MR) is 106 cm³/mol. The third-order valence-corrected chi connectivity index (χ3v) is 6.09. The molecule has 4 rings (SSSR count). The van der Waals surface area contributed by atoms with Gasteiger partial charge in [-0.2, -0.15) is 0 Å². The molecule has 3 heterocycles. The summed E-state index contributed by atoms with van der Waals surface area (Å²) in [6.07, 6.45) is 3.48. The number of carbonyl (C=O) groups excluding carboxylic acids is 1. The van der Waals surface area contributed by atoms with Gasteiger partial charge >= 0.3 is 0 Å². The SMILES string of the molecule is O=C(COc1ccccc1CN1CCC(N2CCNCC2)C1)N1CCCC1. The van der Waals surface area contributed by atoms with Gasteiger partial charge in [-0.3, -0.25) is 14.6 Å². The average molecular weight is 373 g/mol. The Balaban J connectivity index is 1.30. The molecular weight excluding hydrogens is 340 g/mol. The van der Waals surface area contributed by atoms with E-state index < -0.39 is 0 Å². The number of rotatable bonds is 6. The highest BCUT2D eigenvalue weighted by Crippen LogP contribution is 2.24. The highest BCUT2D eigenvalue weighted by molar-refractivity contribution is 5.78. The van der Waals surface area contributed by atoms with Gasteiger partial charge in [-0.05, 0) is 25.3 Å². The summed E-state index contributed by atoms with van der Waals surface area (Å²) in [6.45, 7) is 9.62. The van der Waals surface area contributed by atoms with Crippen LogP contribution in [0.25, 0.3) is 0 Å². The zero-order chi connectivity index (χ0) is 18.5. The molecule has 6 heteroatoms. The second-order valence-corrected chi connectivity index (χ2v) is 7.95. The van der Waals surface area contributed by atoms with Crippen LogP contribution >= 0.6 is 0 Å². The number of carbonyl (C=O) groups is 1. The van der Waals surface area contributed by atoms with Gasteiger partial charge < -0.3 is 15.0 Å². The fourth-order valence-electron chi connectivity index (χ4n) is 4.51. The summed E-state index contributed by atoms with van der Waals surface area (Å²) in [4.78, 5) is 19.3. The molecule has 1 aromatic carbocycles. The van der Waals surface area contributed by atoms with Crippen molar-refractivity contribution in [2.45, 2.75) is 31.8 Å². The molecule has 0 aromatic heterocycles. The minimum Gasteiger partial charge on any atom is -0.483 e. The first-order valence-corrected chi connectivity index (χ1v) is 10.5. The van der Waals surface area contributed by atoms with Crippen molar-refractivity contribution in [3.8, 4) is 5.75 Å². The molecule has 3 aliphatic rings. The Labute approximate surface area is 162 Å². The van der Waals surface area contributed by atoms with Gasteiger partial charge in [0.2, 0.25) is 0 Å². The molecule has 3 aliphatic heterocycles. The lowest BCUT2D eigenvalue weighted by Crippen LogP contribution is -2.49. The van der Waals surface area contributed by atoms with Crippen LogP contribution in [0.3, 0.4) is 0 Å². The number of amides is 1. The molecule has 0 spiro atoms. The van der Waals surface area contributed by atoms with Crippen LogP contribution in [0.5, 0.6) is 5.75 Å². The molecule has 1 atom stereocenters. The molecule has 27 heavy (non-hydrogen) atoms. The number of nitrogens with one attached hydrogen (secondary N) is 1. The number of likely N-dealkylation sites (tertiary alicyclic amines) is 2. The van der Waals surface area contributed by atoms with Crippen LogP contribution in [0, 0.1) is 0 Å². The minimum absolute atomic E-state index is 0.113. The summed E-state index contributed by atoms with van der Waals surface area (Å²) in [5.74, 6) is 0.970. The largest absolute Gasteiger partial charge is 0.483 e. The Kier molecular flexibility index (Phi) is 6.27. The first-order chi connectivity index (χ1) is 13.3. The third kappa shape index (κ3) is 4.81. The molecule has 0 saturated carbocycles. The maximum Gasteiger partial charge on any atom is 0.260 e. The van der Waals surface area contributed by atoms with Crippen LogP contribution in [0.4, 0.5) is 0 Å². The molecule has 1 N–H and O–H groups in total. The van der Waals surface area contributed by atoms with Crippen molar-refractivity contribution >= 4 is 5.91 Å². The molecule has 0 aliphatic carbocycles. The summed E-state index contributed by atoms with van der Waals surface area (Å²) in [6, 6.07) is 8.86. The van der Waals surface area contributed by atoms with Crippen molar-refractivity contribution < 1.29 is 9.53 Å². The first-order valence-electron chi connectivity index (χ1n) is 10.5. The summed E-state index contributed by atoms with van der Waals surface area (Å²) >= 11 is 0. The summed E-state index contributed by atoms with van der Waals surface area (Å²) < 4.78 is 5.93. The van der Waals surface area contributed by atoms with Crippen LogP contribution in [0.2, 0.25) is 0 Å². The fraction of sp³-hybridized carbons (Fsp3) is 0.667. The van der Waals surface area contributed by atoms with Gasteiger partial charge in [0, 0.05) is 70.5 Å². The Hall–Kier alpha value is -1.63. The summed E-state index contributed by atoms with van der Waals surface area (Å²) in [5, 5.41) is 3.44. The van der Waals surface area contributed by atoms with E-state index in [0.717, 1.165) is 77.5 Å². The van der Waals surface area contributed by atoms with Gasteiger partial charge in [-0.1, -0.05) is 18.2 Å². The zero-order valence-corrected chi connectivity index (χ0v) is 16.2. The van der Waals surface area contributed by atoms with Gasteiger partial charge in [0.05, 0.1) is 0 Å². The molecule has 3 saturated heterocycles. The molecule has 0 bridgehead atoms. The Bertz CT molecular complexity index is 626. The van der Waals surface area contributed by atoms with E-state index in [1.54, 1.807) is 0 Å². The van der Waals surface area contributed by atoms with Crippen molar-refractivity contribution in [2.75, 3.05) is 59.0 Å². The van der Waals surface area contributed by atoms with Crippen LogP contribution in [0.15, 0.2) is 24.3 Å². The number of para-hydroxylation sites is 1. The molecule has 6 nitrogen and oxygen atoms in total. The smallest absolute Gasteiger partial charge is 0.260 e. The second kappa shape index (κ2) is 9.04. The van der Waals surface area contributed by atoms with E-state index in [9.17, 15) is 4.79 Å². The standard InChI is InChI=1S/C21H32N4O2/c26-21(25-10-3-4-11-25)17-27-20-6-2-1-5-18(20)15-23-12-7-19(16-23)24-13-8-22-9-14-24/h1-2,5-6,19,22H,3-4,7-17H2. The predicted octanol–water partition coefficient (Wildman–Crippen LogP) is 1.17. The third-order valence-electron chi connectivity index (χ3n) is 6.09. The number of hydrogen-bond donors (Lipinski definition) is 1. The number of nitrogens with zero attached hydrogens (tertiary/aromatic N) is 3. The number of piperazine rings is 1. The van der Waals surface area contributed by atoms with E-state index in [4.69, 9.17) is 4.74 Å². The number of ether oxygens (including phenoxy) is 1. The second-order valence-electron chi connectivity index (χ2n) is 7.95. The van der Waals surface area contributed by atoms with Crippen molar-refractivity contribution in [2.24, 2.45) is 0 Å². The summed E-state index contributed by atoms with van der Waals surface area (Å²) in [5.41, 5.74) is 1.19. The van der Waals surface area contributed by atoms with Crippen LogP contribution < -0.4 is 10.1 Å². The molecule has 0 radical (unpaired) electrons. The highest BCUT2D eigenvalue weighted by Gasteiger charge is 2.28. The lowest BCUT2D eigenvalue weighted by Gasteiger charge is -2.32. The van der Waals surface area contributed by atoms with Crippen LogP contribution in [-0.2, 0) is 11.3 Å². The molecule has 1 aromatic rings. The maximum absolute atomic E-state index is 12.3. The maximum atomic E-state index is 12.3. The normalized spacial score (nSPS) is 24.4. The summed E-state index contributed by atoms with van der Waals surface area (Å²) in [7, 11) is 0. The first kappa shape index (κ1) is 18.7. The van der Waals surface area contributed by atoms with E-state index in [0.29, 0.717) is 6.04 Å². The van der Waals surface area contributed by atoms with E-state index in [1.165, 1.54) is 12.0 Å². The van der Waals surface area contributed by atoms with E-state index in [2.05, 4.69) is 27.2 Å². The average Bonchev–Trinajstić information content (AvgIpc) is 3.40. The Morgan fingerprint density at radius 1 is 1.07 bits per heavy atom. The van der Waals surface area contributed by atoms with Gasteiger partial charge in [0.15, 0.2) is 6.61 Å². The topological polar surface area (TPSA) is 48.1 Å². The van der Waals surface area contributed by atoms with Gasteiger partial charge in [0.25, 0.3) is 5.91 Å². The van der Waals surface area contributed by atoms with Crippen LogP contribution in [0.1, 0.15) is 24.8 Å². The molecule has 1 amide bonds. The monoisotopic (exact) mass is 372 g/mol. The van der Waals surface area contributed by atoms with Crippen molar-refractivity contribution in [3.05, 3.63) is 29.8 Å². The van der Waals surface area contributed by atoms with Crippen molar-refractivity contribution in [1.29, 1.82) is 0 Å². The molecule has 1 unspecified atom stereocenters. The lowest BCUT2D eigenvalue weighted by molar-refractivity contribution is -0.132. The fourth-order valence-corrected chi connectivity index (χ4v) is 4.51. The number of hydrogen-bond acceptors (Lipinski definition) is 5. The number of benzene rings is 1. The van der Waals surface area contributed by atoms with Crippen molar-refractivity contribution in [1.82, 2.24) is 20.0 Å². The van der Waals surface area contributed by atoms with Crippen molar-refractivity contribution in [3.63, 3.8) is 0 Å². The van der Waals surface area contributed by atoms with E-state index >= 15 is 0 Å². The van der Waals surface area contributed by atoms with Crippen LogP contribution in [-0.4, -0.2) is 85.6 Å². The van der Waals surface area contributed by atoms with E-state index in [1.807, 2.05) is 17.0 Å². The quantitative estimate of drug-likeness (QED) is 0.812. The zero-order valence-electron chi connectivity index (χ0n) is 16.2. The van der Waals surface area contributed by atoms with Gasteiger partial charge in [-0.15, -0.1) is 0 Å². The Morgan fingerprint density at radius 3 is 2.67 bits per heavy atom. The van der Waals surface area contributed by atoms with E-state index in [-0.39, 0.29) is 12.5 Å². The van der Waals surface area contributed by atoms with Gasteiger partial charge in [-0.25, -0.2) is 0 Å². The van der Waals surface area contributed by atoms with Gasteiger partial charge in [0.1, 0.15) is 5.75 Å². The molecule has 148 valence electrons. The molecular formula is C21H32N4O2. The lowest BCUT2D eigenvalue weighted by atomic mass is 10.2. The Morgan fingerprint density at radius 2 is 1.85 bits per heavy atom. The minimum atomic E-state index is 0.113. The highest BCUT2D eigenvalue weighted by atomic mass is 16.5.